The molecular formula is C11H15N3O3. The van der Waals surface area contributed by atoms with Crippen molar-refractivity contribution in [3.63, 3.8) is 0 Å². The van der Waals surface area contributed by atoms with Crippen LogP contribution in [0.3, 0.4) is 0 Å². The SMILES string of the molecule is C[C@@H](NC(=O)[O-])C(=O)[n+]1ccc(N(C)C)cc1. The van der Waals surface area contributed by atoms with E-state index in [4.69, 9.17) is 0 Å². The number of nitrogens with one attached hydrogen (secondary N) is 1. The van der Waals surface area contributed by atoms with E-state index in [1.165, 1.54) is 11.5 Å². The topological polar surface area (TPSA) is 76.3 Å². The molecule has 0 fully saturated rings. The van der Waals surface area contributed by atoms with Gasteiger partial charge in [0.15, 0.2) is 18.4 Å². The summed E-state index contributed by atoms with van der Waals surface area (Å²) in [6.07, 6.45) is 1.72. The van der Waals surface area contributed by atoms with Crippen LogP contribution in [0, 0.1) is 0 Å². The highest BCUT2D eigenvalue weighted by molar-refractivity contribution is 5.77. The van der Waals surface area contributed by atoms with Crippen LogP contribution in [0.4, 0.5) is 10.5 Å². The van der Waals surface area contributed by atoms with Crippen molar-refractivity contribution in [1.29, 1.82) is 0 Å². The van der Waals surface area contributed by atoms with E-state index in [1.54, 1.807) is 24.5 Å². The number of carboxylic acid groups (broad SMARTS) is 1. The summed E-state index contributed by atoms with van der Waals surface area (Å²) in [5, 5.41) is 12.3. The van der Waals surface area contributed by atoms with E-state index < -0.39 is 12.1 Å². The number of anilines is 1. The second kappa shape index (κ2) is 5.29. The Labute approximate surface area is 99.5 Å². The first-order valence-corrected chi connectivity index (χ1v) is 5.12. The van der Waals surface area contributed by atoms with Gasteiger partial charge in [-0.1, -0.05) is 0 Å². The van der Waals surface area contributed by atoms with Crippen molar-refractivity contribution in [3.05, 3.63) is 24.5 Å². The molecule has 1 N–H and O–H groups in total. The van der Waals surface area contributed by atoms with Crippen LogP contribution in [0.2, 0.25) is 0 Å². The van der Waals surface area contributed by atoms with Crippen molar-refractivity contribution in [2.75, 3.05) is 19.0 Å². The molecule has 1 atom stereocenters. The predicted octanol–water partition coefficient (Wildman–Crippen LogP) is -0.998. The fourth-order valence-corrected chi connectivity index (χ4v) is 1.33. The second-order valence-electron chi connectivity index (χ2n) is 3.85. The van der Waals surface area contributed by atoms with E-state index in [-0.39, 0.29) is 5.91 Å². The number of hydrogen-bond donors (Lipinski definition) is 1. The molecule has 1 amide bonds. The third-order valence-corrected chi connectivity index (χ3v) is 2.29. The zero-order chi connectivity index (χ0) is 13.0. The molecule has 1 heterocycles. The maximum Gasteiger partial charge on any atom is 0.414 e. The lowest BCUT2D eigenvalue weighted by Crippen LogP contribution is -2.55. The van der Waals surface area contributed by atoms with Crippen LogP contribution in [0.25, 0.3) is 0 Å². The summed E-state index contributed by atoms with van der Waals surface area (Å²) in [6, 6.07) is 2.70. The van der Waals surface area contributed by atoms with Gasteiger partial charge in [-0.2, -0.15) is 0 Å². The van der Waals surface area contributed by atoms with Gasteiger partial charge in [0.05, 0.1) is 0 Å². The Balaban J connectivity index is 2.79. The fourth-order valence-electron chi connectivity index (χ4n) is 1.33. The van der Waals surface area contributed by atoms with Gasteiger partial charge >= 0.3 is 5.91 Å². The molecule has 17 heavy (non-hydrogen) atoms. The smallest absolute Gasteiger partial charge is 0.414 e. The molecule has 0 unspecified atom stereocenters. The Kier molecular flexibility index (Phi) is 4.03. The minimum Gasteiger partial charge on any atom is -0.530 e. The van der Waals surface area contributed by atoms with Crippen molar-refractivity contribution < 1.29 is 19.3 Å². The number of hydrogen-bond acceptors (Lipinski definition) is 4. The molecular weight excluding hydrogens is 222 g/mol. The molecule has 0 spiro atoms. The monoisotopic (exact) mass is 237 g/mol. The molecule has 0 aliphatic heterocycles. The van der Waals surface area contributed by atoms with Gasteiger partial charge in [-0.15, -0.1) is 4.57 Å². The summed E-state index contributed by atoms with van der Waals surface area (Å²) in [5.41, 5.74) is 0.953. The molecule has 0 aromatic carbocycles. The molecule has 0 radical (unpaired) electrons. The average Bonchev–Trinajstić information content (AvgIpc) is 2.27. The van der Waals surface area contributed by atoms with Crippen LogP contribution >= 0.6 is 0 Å². The minimum absolute atomic E-state index is 0.362. The first kappa shape index (κ1) is 13.0. The molecule has 1 aromatic heterocycles. The molecule has 1 aromatic rings. The van der Waals surface area contributed by atoms with Gasteiger partial charge in [-0.3, -0.25) is 0 Å². The average molecular weight is 237 g/mol. The van der Waals surface area contributed by atoms with Crippen molar-refractivity contribution in [2.24, 2.45) is 0 Å². The lowest BCUT2D eigenvalue weighted by molar-refractivity contribution is -0.575. The predicted molar refractivity (Wildman–Crippen MR) is 59.6 cm³/mol. The van der Waals surface area contributed by atoms with Gasteiger partial charge in [-0.25, -0.2) is 4.79 Å². The van der Waals surface area contributed by atoms with Crippen LogP contribution in [-0.2, 0) is 0 Å². The summed E-state index contributed by atoms with van der Waals surface area (Å²) < 4.78 is 1.33. The fraction of sp³-hybridized carbons (Fsp3) is 0.364. The summed E-state index contributed by atoms with van der Waals surface area (Å²) in [4.78, 5) is 24.0. The Morgan fingerprint density at radius 2 is 1.88 bits per heavy atom. The maximum absolute atomic E-state index is 11.8. The van der Waals surface area contributed by atoms with Gasteiger partial charge in [0.1, 0.15) is 6.09 Å². The summed E-state index contributed by atoms with van der Waals surface area (Å²) >= 11 is 0. The molecule has 0 aliphatic rings. The third kappa shape index (κ3) is 3.44. The first-order valence-electron chi connectivity index (χ1n) is 5.12. The van der Waals surface area contributed by atoms with Crippen molar-refractivity contribution in [2.45, 2.75) is 13.0 Å². The van der Waals surface area contributed by atoms with Crippen molar-refractivity contribution in [1.82, 2.24) is 5.32 Å². The molecule has 0 bridgehead atoms. The van der Waals surface area contributed by atoms with Gasteiger partial charge in [0.2, 0.25) is 0 Å². The van der Waals surface area contributed by atoms with Gasteiger partial charge in [0, 0.05) is 31.9 Å². The first-order chi connectivity index (χ1) is 7.91. The molecule has 0 saturated carbocycles. The number of aromatic nitrogens is 1. The molecule has 6 nitrogen and oxygen atoms in total. The molecule has 0 saturated heterocycles. The summed E-state index contributed by atoms with van der Waals surface area (Å²) in [6.45, 7) is 1.46. The normalized spacial score (nSPS) is 11.7. The highest BCUT2D eigenvalue weighted by Gasteiger charge is 2.22. The largest absolute Gasteiger partial charge is 0.530 e. The number of carbonyl (C=O) groups is 2. The lowest BCUT2D eigenvalue weighted by Gasteiger charge is -2.12. The Morgan fingerprint density at radius 1 is 1.35 bits per heavy atom. The number of amides is 1. The van der Waals surface area contributed by atoms with Crippen LogP contribution < -0.4 is 19.9 Å². The zero-order valence-corrected chi connectivity index (χ0v) is 10.0. The van der Waals surface area contributed by atoms with Gasteiger partial charge < -0.3 is 20.1 Å². The van der Waals surface area contributed by atoms with Crippen LogP contribution in [-0.4, -0.2) is 32.1 Å². The standard InChI is InChI=1S/C11H15N3O3/c1-8(12-11(16)17)10(15)14-6-4-9(5-7-14)13(2)3/h4-8,12H,1-3H3/t8-/m1/s1. The van der Waals surface area contributed by atoms with Crippen LogP contribution in [0.1, 0.15) is 11.7 Å². The van der Waals surface area contributed by atoms with Crippen molar-refractivity contribution in [3.8, 4) is 0 Å². The van der Waals surface area contributed by atoms with Crippen LogP contribution in [0.5, 0.6) is 0 Å². The lowest BCUT2D eigenvalue weighted by atomic mass is 10.3. The van der Waals surface area contributed by atoms with Crippen molar-refractivity contribution >= 4 is 17.7 Å². The summed E-state index contributed by atoms with van der Waals surface area (Å²) in [7, 11) is 3.78. The van der Waals surface area contributed by atoms with E-state index in [0.29, 0.717) is 0 Å². The minimum atomic E-state index is -1.46. The number of pyridine rings is 1. The zero-order valence-electron chi connectivity index (χ0n) is 10.0. The third-order valence-electron chi connectivity index (χ3n) is 2.29. The molecule has 92 valence electrons. The highest BCUT2D eigenvalue weighted by atomic mass is 16.4. The summed E-state index contributed by atoms with van der Waals surface area (Å²) in [5.74, 6) is -0.362. The van der Waals surface area contributed by atoms with Gasteiger partial charge in [0.25, 0.3) is 0 Å². The maximum atomic E-state index is 11.8. The quantitative estimate of drug-likeness (QED) is 0.684. The Morgan fingerprint density at radius 3 is 2.29 bits per heavy atom. The van der Waals surface area contributed by atoms with E-state index >= 15 is 0 Å². The molecule has 1 rings (SSSR count). The number of nitrogens with zero attached hydrogens (tertiary/aromatic N) is 2. The highest BCUT2D eigenvalue weighted by Crippen LogP contribution is 2.05. The molecule has 0 aliphatic carbocycles. The number of rotatable bonds is 3. The molecule has 6 heteroatoms. The van der Waals surface area contributed by atoms with E-state index in [9.17, 15) is 14.7 Å². The Hall–Kier alpha value is -2.11. The van der Waals surface area contributed by atoms with E-state index in [2.05, 4.69) is 0 Å². The van der Waals surface area contributed by atoms with Crippen LogP contribution in [0.15, 0.2) is 24.5 Å². The number of carbonyl (C=O) groups excluding carboxylic acids is 2. The second-order valence-corrected chi connectivity index (χ2v) is 3.85. The van der Waals surface area contributed by atoms with Gasteiger partial charge in [-0.05, 0) is 6.92 Å². The Bertz CT molecular complexity index is 414. The van der Waals surface area contributed by atoms with E-state index in [1.807, 2.05) is 24.3 Å². The van der Waals surface area contributed by atoms with E-state index in [0.717, 1.165) is 5.69 Å².